The number of esters is 1. The Kier molecular flexibility index (Phi) is 9.35. The summed E-state index contributed by atoms with van der Waals surface area (Å²) in [6.07, 6.45) is 4.10. The van der Waals surface area contributed by atoms with Crippen molar-refractivity contribution in [2.75, 3.05) is 31.7 Å². The summed E-state index contributed by atoms with van der Waals surface area (Å²) in [6.45, 7) is 7.36. The molecule has 3 heterocycles. The molecule has 1 aliphatic rings. The molecule has 3 rings (SSSR count). The minimum absolute atomic E-state index is 0.183. The summed E-state index contributed by atoms with van der Waals surface area (Å²) >= 11 is 6.07. The van der Waals surface area contributed by atoms with Crippen LogP contribution in [0.25, 0.3) is 0 Å². The third kappa shape index (κ3) is 6.09. The topological polar surface area (TPSA) is 123 Å². The highest BCUT2D eigenvalue weighted by Gasteiger charge is 2.34. The summed E-state index contributed by atoms with van der Waals surface area (Å²) in [6, 6.07) is 0.134. The van der Waals surface area contributed by atoms with Gasteiger partial charge < -0.3 is 29.1 Å². The first-order chi connectivity index (χ1) is 16.4. The van der Waals surface area contributed by atoms with Gasteiger partial charge in [0, 0.05) is 20.1 Å². The van der Waals surface area contributed by atoms with Crippen LogP contribution in [0.4, 0.5) is 6.01 Å². The van der Waals surface area contributed by atoms with Gasteiger partial charge in [0.2, 0.25) is 0 Å². The molecule has 0 radical (unpaired) electrons. The van der Waals surface area contributed by atoms with Crippen molar-refractivity contribution in [3.63, 3.8) is 0 Å². The highest BCUT2D eigenvalue weighted by atomic mass is 35.5. The number of aryl methyl sites for hydroxylation is 2. The Labute approximate surface area is 204 Å². The smallest absolute Gasteiger partial charge is 0.360 e. The molecule has 0 bridgehead atoms. The number of unbranched alkanes of at least 4 members (excludes halogenated alkanes) is 1. The lowest BCUT2D eigenvalue weighted by Crippen LogP contribution is -2.55. The van der Waals surface area contributed by atoms with Crippen LogP contribution in [0.3, 0.4) is 0 Å². The lowest BCUT2D eigenvalue weighted by atomic mass is 10.0. The largest absolute Gasteiger partial charge is 0.461 e. The van der Waals surface area contributed by atoms with Crippen LogP contribution in [0.5, 0.6) is 0 Å². The van der Waals surface area contributed by atoms with Gasteiger partial charge in [0.15, 0.2) is 16.7 Å². The van der Waals surface area contributed by atoms with E-state index in [0.717, 1.165) is 25.0 Å². The first-order valence-corrected chi connectivity index (χ1v) is 12.3. The molecule has 188 valence electrons. The zero-order valence-corrected chi connectivity index (χ0v) is 21.0. The van der Waals surface area contributed by atoms with E-state index in [1.54, 1.807) is 7.11 Å². The number of methoxy groups -OCH3 is 1. The zero-order chi connectivity index (χ0) is 24.7. The van der Waals surface area contributed by atoms with E-state index < -0.39 is 5.97 Å². The van der Waals surface area contributed by atoms with E-state index in [0.29, 0.717) is 55.9 Å². The van der Waals surface area contributed by atoms with E-state index in [-0.39, 0.29) is 29.6 Å². The van der Waals surface area contributed by atoms with Crippen LogP contribution in [0.15, 0.2) is 4.42 Å². The maximum atomic E-state index is 12.7. The van der Waals surface area contributed by atoms with Crippen LogP contribution in [0.1, 0.15) is 79.0 Å². The molecule has 11 heteroatoms. The van der Waals surface area contributed by atoms with Crippen molar-refractivity contribution in [2.24, 2.45) is 0 Å². The number of hydrogen-bond acceptors (Lipinski definition) is 8. The fourth-order valence-electron chi connectivity index (χ4n) is 3.87. The van der Waals surface area contributed by atoms with E-state index >= 15 is 0 Å². The number of hydrogen-bond donors (Lipinski definition) is 2. The standard InChI is InChI=1S/C23H34ClN5O5/c1-5-8-12-33-22(31)18-16(9-6-2)34-23(27-18)29-11-10-15(17(13-29)32-4)26-21(30)20-25-14(7-3)19(24)28-20/h15,17H,5-13H2,1-4H3,(H,25,28)(H,26,30)/t15-,17+/m1/s1. The first-order valence-electron chi connectivity index (χ1n) is 11.9. The van der Waals surface area contributed by atoms with Crippen LogP contribution < -0.4 is 10.2 Å². The molecule has 0 aliphatic carbocycles. The summed E-state index contributed by atoms with van der Waals surface area (Å²) in [5, 5.41) is 3.30. The molecule has 0 aromatic carbocycles. The molecule has 1 amide bonds. The van der Waals surface area contributed by atoms with Crippen LogP contribution in [0.2, 0.25) is 5.15 Å². The van der Waals surface area contributed by atoms with Crippen LogP contribution in [-0.4, -0.2) is 65.8 Å². The SMILES string of the molecule is CCCCOC(=O)c1nc(N2CC[C@@H](NC(=O)c3nc(Cl)c(CC)[nH]3)[C@@H](OC)C2)oc1CCC. The molecule has 2 atom stereocenters. The molecule has 0 unspecified atom stereocenters. The number of H-pyrrole nitrogens is 1. The van der Waals surface area contributed by atoms with Crippen LogP contribution >= 0.6 is 11.6 Å². The molecule has 0 saturated carbocycles. The number of nitrogens with one attached hydrogen (secondary N) is 2. The van der Waals surface area contributed by atoms with E-state index in [2.05, 4.69) is 20.3 Å². The van der Waals surface area contributed by atoms with Crippen molar-refractivity contribution < 1.29 is 23.5 Å². The fourth-order valence-corrected chi connectivity index (χ4v) is 4.13. The molecule has 1 saturated heterocycles. The Bertz CT molecular complexity index is 975. The average molecular weight is 496 g/mol. The highest BCUT2D eigenvalue weighted by Crippen LogP contribution is 2.25. The van der Waals surface area contributed by atoms with E-state index in [1.165, 1.54) is 0 Å². The number of piperidine rings is 1. The van der Waals surface area contributed by atoms with Gasteiger partial charge in [-0.05, 0) is 25.7 Å². The third-order valence-electron chi connectivity index (χ3n) is 5.83. The number of nitrogens with zero attached hydrogens (tertiary/aromatic N) is 3. The normalized spacial score (nSPS) is 18.2. The predicted octanol–water partition coefficient (Wildman–Crippen LogP) is 3.55. The van der Waals surface area contributed by atoms with Crippen molar-refractivity contribution in [1.82, 2.24) is 20.3 Å². The molecule has 2 aromatic heterocycles. The van der Waals surface area contributed by atoms with Gasteiger partial charge in [0.05, 0.1) is 31.0 Å². The number of aromatic nitrogens is 3. The second-order valence-corrected chi connectivity index (χ2v) is 8.66. The third-order valence-corrected chi connectivity index (χ3v) is 6.15. The molecule has 1 aliphatic heterocycles. The fraction of sp³-hybridized carbons (Fsp3) is 0.652. The summed E-state index contributed by atoms with van der Waals surface area (Å²) in [5.74, 6) is -0.0754. The first kappa shape index (κ1) is 26.0. The van der Waals surface area contributed by atoms with E-state index in [1.807, 2.05) is 25.7 Å². The summed E-state index contributed by atoms with van der Waals surface area (Å²) in [5.41, 5.74) is 0.958. The summed E-state index contributed by atoms with van der Waals surface area (Å²) in [7, 11) is 1.60. The zero-order valence-electron chi connectivity index (χ0n) is 20.3. The number of aromatic amines is 1. The molecule has 0 spiro atoms. The van der Waals surface area contributed by atoms with Gasteiger partial charge in [0.25, 0.3) is 11.9 Å². The molecular weight excluding hydrogens is 462 g/mol. The second kappa shape index (κ2) is 12.2. The lowest BCUT2D eigenvalue weighted by molar-refractivity contribution is 0.0490. The summed E-state index contributed by atoms with van der Waals surface area (Å²) < 4.78 is 17.0. The number of halogens is 1. The average Bonchev–Trinajstić information content (AvgIpc) is 3.43. The van der Waals surface area contributed by atoms with Gasteiger partial charge >= 0.3 is 5.97 Å². The Morgan fingerprint density at radius 2 is 2.06 bits per heavy atom. The van der Waals surface area contributed by atoms with Gasteiger partial charge in [-0.1, -0.05) is 38.8 Å². The van der Waals surface area contributed by atoms with E-state index in [4.69, 9.17) is 25.5 Å². The number of anilines is 1. The number of rotatable bonds is 11. The molecule has 2 N–H and O–H groups in total. The molecule has 2 aromatic rings. The summed E-state index contributed by atoms with van der Waals surface area (Å²) in [4.78, 5) is 38.7. The molecular formula is C23H34ClN5O5. The Hall–Kier alpha value is -2.59. The number of imidazole rings is 1. The highest BCUT2D eigenvalue weighted by molar-refractivity contribution is 6.30. The number of carbonyl (C=O) groups excluding carboxylic acids is 2. The van der Waals surface area contributed by atoms with Crippen molar-refractivity contribution in [3.8, 4) is 0 Å². The molecule has 34 heavy (non-hydrogen) atoms. The Morgan fingerprint density at radius 3 is 2.71 bits per heavy atom. The second-order valence-electron chi connectivity index (χ2n) is 8.30. The molecule has 1 fully saturated rings. The van der Waals surface area contributed by atoms with Crippen molar-refractivity contribution in [3.05, 3.63) is 28.1 Å². The van der Waals surface area contributed by atoms with Crippen molar-refractivity contribution >= 4 is 29.5 Å². The van der Waals surface area contributed by atoms with Gasteiger partial charge in [-0.15, -0.1) is 0 Å². The number of ether oxygens (including phenoxy) is 2. The number of amides is 1. The number of oxazole rings is 1. The monoisotopic (exact) mass is 495 g/mol. The van der Waals surface area contributed by atoms with Crippen molar-refractivity contribution in [2.45, 2.75) is 71.4 Å². The van der Waals surface area contributed by atoms with Gasteiger partial charge in [0.1, 0.15) is 5.76 Å². The Balaban J connectivity index is 1.68. The number of carbonyl (C=O) groups is 2. The van der Waals surface area contributed by atoms with Crippen LogP contribution in [0, 0.1) is 0 Å². The molecule has 10 nitrogen and oxygen atoms in total. The predicted molar refractivity (Wildman–Crippen MR) is 128 cm³/mol. The van der Waals surface area contributed by atoms with Gasteiger partial charge in [-0.25, -0.2) is 9.78 Å². The minimum atomic E-state index is -0.458. The van der Waals surface area contributed by atoms with Gasteiger partial charge in [-0.3, -0.25) is 4.79 Å². The van der Waals surface area contributed by atoms with Gasteiger partial charge in [-0.2, -0.15) is 4.98 Å². The van der Waals surface area contributed by atoms with Crippen molar-refractivity contribution in [1.29, 1.82) is 0 Å². The Morgan fingerprint density at radius 1 is 1.26 bits per heavy atom. The van der Waals surface area contributed by atoms with E-state index in [9.17, 15) is 9.59 Å². The quantitative estimate of drug-likeness (QED) is 0.358. The minimum Gasteiger partial charge on any atom is -0.461 e. The van der Waals surface area contributed by atoms with Crippen LogP contribution in [-0.2, 0) is 22.3 Å². The lowest BCUT2D eigenvalue weighted by Gasteiger charge is -2.37. The maximum Gasteiger partial charge on any atom is 0.360 e. The maximum absolute atomic E-state index is 12.7.